The summed E-state index contributed by atoms with van der Waals surface area (Å²) in [6.45, 7) is 1.94. The molecule has 7 heteroatoms. The molecule has 0 atom stereocenters. The number of methoxy groups -OCH3 is 2. The van der Waals surface area contributed by atoms with Crippen LogP contribution in [-0.4, -0.2) is 56.7 Å². The van der Waals surface area contributed by atoms with Crippen molar-refractivity contribution < 1.29 is 19.1 Å². The molecule has 0 aliphatic carbocycles. The summed E-state index contributed by atoms with van der Waals surface area (Å²) in [6.07, 6.45) is 2.10. The van der Waals surface area contributed by atoms with E-state index >= 15 is 0 Å². The van der Waals surface area contributed by atoms with E-state index in [9.17, 15) is 9.59 Å². The summed E-state index contributed by atoms with van der Waals surface area (Å²) in [5.74, 6) is 0.175. The number of carbonyl (C=O) groups is 2. The number of hydrogen-bond donors (Lipinski definition) is 2. The minimum atomic E-state index is -0.229. The van der Waals surface area contributed by atoms with Crippen LogP contribution < -0.4 is 15.4 Å². The first-order valence-electron chi connectivity index (χ1n) is 11.8. The van der Waals surface area contributed by atoms with Gasteiger partial charge in [0, 0.05) is 31.5 Å². The zero-order chi connectivity index (χ0) is 24.6. The van der Waals surface area contributed by atoms with E-state index in [2.05, 4.69) is 15.5 Å². The molecule has 4 rings (SSSR count). The Labute approximate surface area is 206 Å². The van der Waals surface area contributed by atoms with Crippen LogP contribution in [0.5, 0.6) is 5.75 Å². The van der Waals surface area contributed by atoms with E-state index in [4.69, 9.17) is 9.47 Å². The van der Waals surface area contributed by atoms with Gasteiger partial charge in [-0.1, -0.05) is 42.5 Å². The van der Waals surface area contributed by atoms with Crippen molar-refractivity contribution in [1.82, 2.24) is 4.90 Å². The Bertz CT molecular complexity index is 1140. The Morgan fingerprint density at radius 3 is 2.23 bits per heavy atom. The number of benzene rings is 3. The maximum Gasteiger partial charge on any atom is 0.255 e. The summed E-state index contributed by atoms with van der Waals surface area (Å²) in [6, 6.07) is 22.7. The molecule has 2 N–H and O–H groups in total. The highest BCUT2D eigenvalue weighted by molar-refractivity contribution is 6.05. The number of likely N-dealkylation sites (tertiary alicyclic amines) is 1. The first-order valence-corrected chi connectivity index (χ1v) is 11.8. The molecule has 1 saturated heterocycles. The molecule has 2 amide bonds. The lowest BCUT2D eigenvalue weighted by molar-refractivity contribution is -0.117. The van der Waals surface area contributed by atoms with Crippen LogP contribution in [-0.2, 0) is 9.53 Å². The molecular weight excluding hydrogens is 442 g/mol. The van der Waals surface area contributed by atoms with E-state index in [-0.39, 0.29) is 17.9 Å². The number of carbonyl (C=O) groups excluding carboxylic acids is 2. The summed E-state index contributed by atoms with van der Waals surface area (Å²) < 4.78 is 10.8. The summed E-state index contributed by atoms with van der Waals surface area (Å²) in [5.41, 5.74) is 3.77. The van der Waals surface area contributed by atoms with Crippen LogP contribution >= 0.6 is 0 Å². The third kappa shape index (κ3) is 6.47. The van der Waals surface area contributed by atoms with Gasteiger partial charge in [-0.25, -0.2) is 0 Å². The third-order valence-electron chi connectivity index (χ3n) is 6.22. The van der Waals surface area contributed by atoms with Crippen molar-refractivity contribution in [3.05, 3.63) is 78.4 Å². The molecule has 0 radical (unpaired) electrons. The van der Waals surface area contributed by atoms with Gasteiger partial charge in [0.2, 0.25) is 5.91 Å². The summed E-state index contributed by atoms with van der Waals surface area (Å²) >= 11 is 0. The molecule has 182 valence electrons. The normalized spacial score (nSPS) is 14.3. The number of ether oxygens (including phenoxy) is 2. The van der Waals surface area contributed by atoms with Gasteiger partial charge in [0.25, 0.3) is 5.91 Å². The molecule has 1 fully saturated rings. The molecule has 1 aliphatic heterocycles. The molecule has 0 saturated carbocycles. The van der Waals surface area contributed by atoms with Gasteiger partial charge >= 0.3 is 0 Å². The van der Waals surface area contributed by atoms with E-state index in [1.54, 1.807) is 44.6 Å². The minimum Gasteiger partial charge on any atom is -0.495 e. The molecule has 0 bridgehead atoms. The van der Waals surface area contributed by atoms with Crippen molar-refractivity contribution in [2.45, 2.75) is 18.9 Å². The van der Waals surface area contributed by atoms with Gasteiger partial charge < -0.3 is 20.1 Å². The molecule has 7 nitrogen and oxygen atoms in total. The minimum absolute atomic E-state index is 0.126. The lowest BCUT2D eigenvalue weighted by Gasteiger charge is -2.30. The third-order valence-corrected chi connectivity index (χ3v) is 6.22. The summed E-state index contributed by atoms with van der Waals surface area (Å²) in [5, 5.41) is 5.83. The van der Waals surface area contributed by atoms with Crippen LogP contribution in [0.25, 0.3) is 11.1 Å². The number of hydrogen-bond acceptors (Lipinski definition) is 5. The number of nitrogens with one attached hydrogen (secondary N) is 2. The van der Waals surface area contributed by atoms with Gasteiger partial charge in [0.15, 0.2) is 0 Å². The fourth-order valence-corrected chi connectivity index (χ4v) is 4.23. The monoisotopic (exact) mass is 473 g/mol. The van der Waals surface area contributed by atoms with Crippen LogP contribution in [0, 0.1) is 0 Å². The molecule has 35 heavy (non-hydrogen) atoms. The lowest BCUT2D eigenvalue weighted by Crippen LogP contribution is -2.41. The Morgan fingerprint density at radius 2 is 1.57 bits per heavy atom. The molecule has 1 aliphatic rings. The van der Waals surface area contributed by atoms with E-state index in [1.807, 2.05) is 42.5 Å². The van der Waals surface area contributed by atoms with Crippen molar-refractivity contribution in [1.29, 1.82) is 0 Å². The first-order chi connectivity index (χ1) is 17.1. The van der Waals surface area contributed by atoms with E-state index in [1.165, 1.54) is 0 Å². The summed E-state index contributed by atoms with van der Waals surface area (Å²) in [4.78, 5) is 27.6. The fourth-order valence-electron chi connectivity index (χ4n) is 4.23. The molecule has 3 aromatic carbocycles. The number of amides is 2. The Balaban J connectivity index is 1.39. The highest BCUT2D eigenvalue weighted by Crippen LogP contribution is 2.28. The standard InChI is InChI=1S/C28H31N3O4/c1-34-24-14-16-31(17-15-24)19-27(32)30-25-18-23(12-13-26(25)35-2)29-28(33)22-10-8-21(9-11-22)20-6-4-3-5-7-20/h3-13,18,24H,14-17,19H2,1-2H3,(H,29,33)(H,30,32). The second-order valence-corrected chi connectivity index (χ2v) is 8.57. The molecule has 1 heterocycles. The number of anilines is 2. The highest BCUT2D eigenvalue weighted by atomic mass is 16.5. The van der Waals surface area contributed by atoms with Crippen molar-refractivity contribution in [3.63, 3.8) is 0 Å². The SMILES string of the molecule is COc1ccc(NC(=O)c2ccc(-c3ccccc3)cc2)cc1NC(=O)CN1CCC(OC)CC1. The van der Waals surface area contributed by atoms with Crippen LogP contribution in [0.1, 0.15) is 23.2 Å². The topological polar surface area (TPSA) is 79.9 Å². The van der Waals surface area contributed by atoms with Crippen molar-refractivity contribution in [2.75, 3.05) is 44.5 Å². The number of piperidine rings is 1. The summed E-state index contributed by atoms with van der Waals surface area (Å²) in [7, 11) is 3.28. The average Bonchev–Trinajstić information content (AvgIpc) is 2.90. The maximum absolute atomic E-state index is 12.8. The first kappa shape index (κ1) is 24.4. The second kappa shape index (κ2) is 11.6. The van der Waals surface area contributed by atoms with Gasteiger partial charge in [0.05, 0.1) is 25.4 Å². The van der Waals surface area contributed by atoms with Crippen LogP contribution in [0.4, 0.5) is 11.4 Å². The largest absolute Gasteiger partial charge is 0.495 e. The quantitative estimate of drug-likeness (QED) is 0.497. The van der Waals surface area contributed by atoms with Crippen LogP contribution in [0.15, 0.2) is 72.8 Å². The molecule has 0 spiro atoms. The molecule has 3 aromatic rings. The van der Waals surface area contributed by atoms with E-state index < -0.39 is 0 Å². The van der Waals surface area contributed by atoms with Crippen molar-refractivity contribution in [3.8, 4) is 16.9 Å². The molecule has 0 aromatic heterocycles. The van der Waals surface area contributed by atoms with E-state index in [0.717, 1.165) is 37.1 Å². The van der Waals surface area contributed by atoms with E-state index in [0.29, 0.717) is 29.2 Å². The Hall–Kier alpha value is -3.68. The number of nitrogens with zero attached hydrogens (tertiary/aromatic N) is 1. The van der Waals surface area contributed by atoms with Gasteiger partial charge in [-0.2, -0.15) is 0 Å². The van der Waals surface area contributed by atoms with Gasteiger partial charge in [0.1, 0.15) is 5.75 Å². The Morgan fingerprint density at radius 1 is 0.886 bits per heavy atom. The lowest BCUT2D eigenvalue weighted by atomic mass is 10.0. The maximum atomic E-state index is 12.8. The predicted octanol–water partition coefficient (Wildman–Crippen LogP) is 4.66. The van der Waals surface area contributed by atoms with Gasteiger partial charge in [-0.05, 0) is 54.3 Å². The fraction of sp³-hybridized carbons (Fsp3) is 0.286. The molecular formula is C28H31N3O4. The second-order valence-electron chi connectivity index (χ2n) is 8.57. The zero-order valence-electron chi connectivity index (χ0n) is 20.1. The average molecular weight is 474 g/mol. The highest BCUT2D eigenvalue weighted by Gasteiger charge is 2.21. The number of rotatable bonds is 8. The predicted molar refractivity (Wildman–Crippen MR) is 138 cm³/mol. The Kier molecular flexibility index (Phi) is 8.13. The van der Waals surface area contributed by atoms with Crippen molar-refractivity contribution >= 4 is 23.2 Å². The van der Waals surface area contributed by atoms with Crippen molar-refractivity contribution in [2.24, 2.45) is 0 Å². The van der Waals surface area contributed by atoms with Gasteiger partial charge in [-0.15, -0.1) is 0 Å². The smallest absolute Gasteiger partial charge is 0.255 e. The van der Waals surface area contributed by atoms with Crippen LogP contribution in [0.2, 0.25) is 0 Å². The van der Waals surface area contributed by atoms with Crippen LogP contribution in [0.3, 0.4) is 0 Å². The molecule has 0 unspecified atom stereocenters. The van der Waals surface area contributed by atoms with Gasteiger partial charge in [-0.3, -0.25) is 14.5 Å². The zero-order valence-corrected chi connectivity index (χ0v) is 20.1.